The minimum absolute atomic E-state index is 0.0497. The second-order valence-electron chi connectivity index (χ2n) is 8.94. The van der Waals surface area contributed by atoms with Gasteiger partial charge >= 0.3 is 6.18 Å². The summed E-state index contributed by atoms with van der Waals surface area (Å²) in [5, 5.41) is 14.6. The number of piperidine rings is 1. The van der Waals surface area contributed by atoms with Crippen molar-refractivity contribution in [1.82, 2.24) is 29.9 Å². The molecule has 5 heterocycles. The molecule has 16 heteroatoms. The predicted octanol–water partition coefficient (Wildman–Crippen LogP) is 1.52. The number of likely N-dealkylation sites (tertiary alicyclic amines) is 1. The van der Waals surface area contributed by atoms with Gasteiger partial charge in [0, 0.05) is 44.6 Å². The van der Waals surface area contributed by atoms with Gasteiger partial charge in [-0.3, -0.25) is 14.9 Å². The maximum absolute atomic E-state index is 13.3. The largest absolute Gasteiger partial charge is 0.414 e. The zero-order chi connectivity index (χ0) is 25.3. The van der Waals surface area contributed by atoms with Crippen molar-refractivity contribution in [2.75, 3.05) is 35.8 Å². The van der Waals surface area contributed by atoms with Crippen molar-refractivity contribution in [2.45, 2.75) is 56.5 Å². The molecule has 2 N–H and O–H groups in total. The smallest absolute Gasteiger partial charge is 0.369 e. The Morgan fingerprint density at radius 1 is 1.25 bits per heavy atom. The molecule has 3 unspecified atom stereocenters. The number of hydrogen-bond donors (Lipinski definition) is 3. The van der Waals surface area contributed by atoms with Gasteiger partial charge in [-0.15, -0.1) is 5.10 Å². The molecule has 2 aromatic heterocycles. The number of H-pyrrole nitrogens is 1. The zero-order valence-electron chi connectivity index (χ0n) is 19.2. The van der Waals surface area contributed by atoms with Gasteiger partial charge in [-0.05, 0) is 25.3 Å². The molecule has 0 aromatic carbocycles. The standard InChI is InChI=1S/C20H27F3N8O4S/c21-20(22,23)16-9-15(4-8-34-16)35-19-30(14-10-24-25-11-14)7-3-17-27-18(28-31(17)19)26-13-1-5-29(6-2-13)12-36(32)33/h3,7,10-11,13,15-16,19,36H,1-2,4-6,8-9,12H2,(H,24,25)(H,26,28). The van der Waals surface area contributed by atoms with Crippen LogP contribution in [0.15, 0.2) is 18.6 Å². The van der Waals surface area contributed by atoms with Gasteiger partial charge in [-0.25, -0.2) is 8.42 Å². The van der Waals surface area contributed by atoms with Gasteiger partial charge in [0.05, 0.1) is 23.9 Å². The fourth-order valence-electron chi connectivity index (χ4n) is 4.59. The van der Waals surface area contributed by atoms with Crippen molar-refractivity contribution < 1.29 is 31.1 Å². The summed E-state index contributed by atoms with van der Waals surface area (Å²) in [7, 11) is -2.45. The molecule has 5 rings (SSSR count). The van der Waals surface area contributed by atoms with Crippen molar-refractivity contribution in [3.05, 3.63) is 24.4 Å². The second kappa shape index (κ2) is 10.4. The van der Waals surface area contributed by atoms with Gasteiger partial charge in [-0.1, -0.05) is 0 Å². The van der Waals surface area contributed by atoms with Crippen LogP contribution in [0.5, 0.6) is 0 Å². The van der Waals surface area contributed by atoms with Crippen molar-refractivity contribution in [3.63, 3.8) is 0 Å². The topological polar surface area (TPSA) is 130 Å². The molecular formula is C20H27F3N8O4S. The Bertz CT molecular complexity index is 1120. The number of fused-ring (bicyclic) bond motifs is 1. The monoisotopic (exact) mass is 532 g/mol. The highest BCUT2D eigenvalue weighted by molar-refractivity contribution is 7.72. The van der Waals surface area contributed by atoms with Crippen LogP contribution in [0.1, 0.15) is 37.9 Å². The van der Waals surface area contributed by atoms with E-state index < -0.39 is 35.4 Å². The molecule has 0 spiro atoms. The van der Waals surface area contributed by atoms with Crippen LogP contribution in [0, 0.1) is 0 Å². The Labute approximate surface area is 206 Å². The molecule has 3 atom stereocenters. The third-order valence-electron chi connectivity index (χ3n) is 6.42. The highest BCUT2D eigenvalue weighted by Crippen LogP contribution is 2.35. The van der Waals surface area contributed by atoms with E-state index in [-0.39, 0.29) is 24.9 Å². The highest BCUT2D eigenvalue weighted by Gasteiger charge is 2.45. The fraction of sp³-hybridized carbons (Fsp3) is 0.650. The molecule has 36 heavy (non-hydrogen) atoms. The van der Waals surface area contributed by atoms with Crippen molar-refractivity contribution in [1.29, 1.82) is 0 Å². The third-order valence-corrected chi connectivity index (χ3v) is 7.05. The Hall–Kier alpha value is -2.69. The number of alkyl halides is 3. The van der Waals surface area contributed by atoms with Crippen LogP contribution in [0.4, 0.5) is 24.8 Å². The van der Waals surface area contributed by atoms with Gasteiger partial charge in [0.15, 0.2) is 22.6 Å². The number of rotatable bonds is 7. The first-order valence-electron chi connectivity index (χ1n) is 11.6. The van der Waals surface area contributed by atoms with E-state index in [0.717, 1.165) is 12.8 Å². The number of nitrogens with zero attached hydrogens (tertiary/aromatic N) is 6. The Morgan fingerprint density at radius 2 is 2.06 bits per heavy atom. The molecule has 0 bridgehead atoms. The van der Waals surface area contributed by atoms with Crippen LogP contribution >= 0.6 is 0 Å². The first-order chi connectivity index (χ1) is 17.3. The lowest BCUT2D eigenvalue weighted by atomic mass is 10.1. The number of anilines is 2. The van der Waals surface area contributed by atoms with Crippen LogP contribution in [-0.2, 0) is 20.2 Å². The summed E-state index contributed by atoms with van der Waals surface area (Å²) in [5.41, 5.74) is 0.649. The van der Waals surface area contributed by atoms with Crippen LogP contribution < -0.4 is 10.2 Å². The molecule has 2 saturated heterocycles. The van der Waals surface area contributed by atoms with Crippen molar-refractivity contribution >= 4 is 28.4 Å². The number of aromatic amines is 1. The van der Waals surface area contributed by atoms with Gasteiger partial charge in [0.2, 0.25) is 12.3 Å². The summed E-state index contributed by atoms with van der Waals surface area (Å²) in [6.45, 7) is 1.22. The third kappa shape index (κ3) is 5.66. The van der Waals surface area contributed by atoms with E-state index in [9.17, 15) is 21.6 Å². The molecule has 0 amide bonds. The summed E-state index contributed by atoms with van der Waals surface area (Å²) >= 11 is 0. The van der Waals surface area contributed by atoms with Crippen molar-refractivity contribution in [3.8, 4) is 0 Å². The van der Waals surface area contributed by atoms with Crippen LogP contribution in [0.25, 0.3) is 6.08 Å². The number of aromatic nitrogens is 5. The molecule has 198 valence electrons. The van der Waals surface area contributed by atoms with Crippen LogP contribution in [-0.4, -0.2) is 88.3 Å². The summed E-state index contributed by atoms with van der Waals surface area (Å²) in [4.78, 5) is 8.13. The zero-order valence-corrected chi connectivity index (χ0v) is 20.1. The lowest BCUT2D eigenvalue weighted by Crippen LogP contribution is -2.43. The molecule has 2 aromatic rings. The first-order valence-corrected chi connectivity index (χ1v) is 13.0. The summed E-state index contributed by atoms with van der Waals surface area (Å²) in [6, 6.07) is 0.0617. The molecule has 2 fully saturated rings. The maximum atomic E-state index is 13.3. The first kappa shape index (κ1) is 25.0. The summed E-state index contributed by atoms with van der Waals surface area (Å²) < 4.78 is 74.4. The van der Waals surface area contributed by atoms with E-state index >= 15 is 0 Å². The molecule has 3 aliphatic rings. The van der Waals surface area contributed by atoms with Crippen LogP contribution in [0.2, 0.25) is 0 Å². The Kier molecular flexibility index (Phi) is 7.18. The van der Waals surface area contributed by atoms with E-state index in [2.05, 4.69) is 25.6 Å². The lowest BCUT2D eigenvalue weighted by Gasteiger charge is -2.37. The minimum Gasteiger partial charge on any atom is -0.369 e. The summed E-state index contributed by atoms with van der Waals surface area (Å²) in [5.74, 6) is 0.905. The average molecular weight is 533 g/mol. The molecule has 0 aliphatic carbocycles. The lowest BCUT2D eigenvalue weighted by molar-refractivity contribution is -0.248. The van der Waals surface area contributed by atoms with Gasteiger partial charge in [0.25, 0.3) is 0 Å². The number of hydrogen-bond acceptors (Lipinski definition) is 10. The minimum atomic E-state index is -4.47. The quantitative estimate of drug-likeness (QED) is 0.451. The van der Waals surface area contributed by atoms with E-state index in [1.54, 1.807) is 29.6 Å². The number of ether oxygens (including phenoxy) is 2. The molecule has 3 aliphatic heterocycles. The van der Waals surface area contributed by atoms with Gasteiger partial charge in [0.1, 0.15) is 0 Å². The Morgan fingerprint density at radius 3 is 2.75 bits per heavy atom. The number of nitrogens with one attached hydrogen (secondary N) is 2. The average Bonchev–Trinajstić information content (AvgIpc) is 3.50. The van der Waals surface area contributed by atoms with E-state index in [0.29, 0.717) is 37.0 Å². The SMILES string of the molecule is O=[SH](=O)CN1CCC(Nc2nc3n(n2)C(OC2CCOC(C(F)(F)F)C2)N(c2cn[nH]c2)C=C3)CC1. The fourth-order valence-corrected chi connectivity index (χ4v) is 5.20. The van der Waals surface area contributed by atoms with E-state index in [1.165, 1.54) is 4.68 Å². The normalized spacial score (nSPS) is 25.9. The predicted molar refractivity (Wildman–Crippen MR) is 122 cm³/mol. The van der Waals surface area contributed by atoms with E-state index in [4.69, 9.17) is 9.47 Å². The van der Waals surface area contributed by atoms with Gasteiger partial charge in [-0.2, -0.15) is 27.9 Å². The Balaban J connectivity index is 1.32. The maximum Gasteiger partial charge on any atom is 0.414 e. The van der Waals surface area contributed by atoms with E-state index in [1.807, 2.05) is 4.90 Å². The second-order valence-corrected chi connectivity index (χ2v) is 9.89. The van der Waals surface area contributed by atoms with Crippen LogP contribution in [0.3, 0.4) is 0 Å². The number of halogens is 3. The molecule has 0 radical (unpaired) electrons. The number of thiol groups is 1. The van der Waals surface area contributed by atoms with Crippen molar-refractivity contribution in [2.24, 2.45) is 0 Å². The molecular weight excluding hydrogens is 505 g/mol. The summed E-state index contributed by atoms with van der Waals surface area (Å²) in [6.07, 6.45) is 0.216. The molecule has 0 saturated carbocycles. The molecule has 12 nitrogen and oxygen atoms in total. The highest BCUT2D eigenvalue weighted by atomic mass is 32.2. The van der Waals surface area contributed by atoms with Gasteiger partial charge < -0.3 is 14.8 Å².